The molecular formula is C45H43ClN6O7S. The van der Waals surface area contributed by atoms with Crippen LogP contribution in [0.3, 0.4) is 0 Å². The van der Waals surface area contributed by atoms with Crippen LogP contribution in [0.15, 0.2) is 126 Å². The fourth-order valence-electron chi connectivity index (χ4n) is 7.67. The van der Waals surface area contributed by atoms with Gasteiger partial charge in [0, 0.05) is 98.5 Å². The average molecular weight is 847 g/mol. The number of hydrogen-bond donors (Lipinski definition) is 2. The van der Waals surface area contributed by atoms with Gasteiger partial charge in [-0.15, -0.1) is 0 Å². The third-order valence-corrected chi connectivity index (χ3v) is 12.6. The Morgan fingerprint density at radius 2 is 1.68 bits per heavy atom. The van der Waals surface area contributed by atoms with E-state index in [2.05, 4.69) is 43.0 Å². The number of piperazine rings is 1. The second kappa shape index (κ2) is 18.1. The Morgan fingerprint density at radius 1 is 0.900 bits per heavy atom. The molecule has 0 atom stereocenters. The summed E-state index contributed by atoms with van der Waals surface area (Å²) in [6.45, 7) is 5.44. The van der Waals surface area contributed by atoms with Gasteiger partial charge in [0.15, 0.2) is 0 Å². The molecule has 0 spiro atoms. The highest BCUT2D eigenvalue weighted by molar-refractivity contribution is 7.90. The highest BCUT2D eigenvalue weighted by Crippen LogP contribution is 2.36. The number of rotatable bonds is 13. The molecule has 1 aromatic heterocycles. The van der Waals surface area contributed by atoms with E-state index in [4.69, 9.17) is 21.1 Å². The largest absolute Gasteiger partial charge is 0.456 e. The first kappa shape index (κ1) is 40.7. The Morgan fingerprint density at radius 3 is 2.47 bits per heavy atom. The number of anilines is 2. The number of carbonyl (C=O) groups is 1. The Bertz CT molecular complexity index is 2630. The number of amides is 1. The van der Waals surface area contributed by atoms with Crippen LogP contribution in [0.4, 0.5) is 17.1 Å². The van der Waals surface area contributed by atoms with E-state index in [1.165, 1.54) is 17.7 Å². The number of nitro benzene ring substituents is 1. The molecule has 0 bridgehead atoms. The minimum absolute atomic E-state index is 0.0323. The monoisotopic (exact) mass is 846 g/mol. The maximum Gasteiger partial charge on any atom is 0.293 e. The number of nitrogens with zero attached hydrogens (tertiary/aromatic N) is 4. The second-order valence-electron chi connectivity index (χ2n) is 14.9. The van der Waals surface area contributed by atoms with E-state index in [9.17, 15) is 23.3 Å². The van der Waals surface area contributed by atoms with Crippen LogP contribution in [0, 0.1) is 16.0 Å². The maximum absolute atomic E-state index is 14.0. The van der Waals surface area contributed by atoms with Gasteiger partial charge in [-0.1, -0.05) is 60.1 Å². The van der Waals surface area contributed by atoms with Crippen LogP contribution in [0.25, 0.3) is 21.9 Å². The number of hydrogen-bond acceptors (Lipinski definition) is 11. The summed E-state index contributed by atoms with van der Waals surface area (Å²) in [4.78, 5) is 33.8. The van der Waals surface area contributed by atoms with Crippen molar-refractivity contribution in [2.75, 3.05) is 56.2 Å². The molecule has 2 fully saturated rings. The number of fused-ring (bicyclic) bond motifs is 1. The first-order valence-corrected chi connectivity index (χ1v) is 21.6. The molecule has 60 heavy (non-hydrogen) atoms. The smallest absolute Gasteiger partial charge is 0.293 e. The lowest BCUT2D eigenvalue weighted by atomic mass is 9.99. The van der Waals surface area contributed by atoms with Crippen LogP contribution in [-0.4, -0.2) is 75.1 Å². The van der Waals surface area contributed by atoms with Gasteiger partial charge in [-0.05, 0) is 84.0 Å². The number of carbonyl (C=O) groups excluding carboxylic acids is 1. The predicted molar refractivity (Wildman–Crippen MR) is 232 cm³/mol. The van der Waals surface area contributed by atoms with Crippen LogP contribution in [-0.2, 0) is 21.3 Å². The molecule has 5 aromatic carbocycles. The summed E-state index contributed by atoms with van der Waals surface area (Å²) in [6.07, 6.45) is 4.99. The van der Waals surface area contributed by atoms with Gasteiger partial charge in [-0.3, -0.25) is 24.8 Å². The Kier molecular flexibility index (Phi) is 12.2. The van der Waals surface area contributed by atoms with Crippen LogP contribution < -0.4 is 19.7 Å². The van der Waals surface area contributed by atoms with Gasteiger partial charge in [0.05, 0.1) is 15.4 Å². The van der Waals surface area contributed by atoms with E-state index in [-0.39, 0.29) is 22.9 Å². The van der Waals surface area contributed by atoms with Crippen LogP contribution in [0.1, 0.15) is 28.8 Å². The third kappa shape index (κ3) is 9.37. The number of aromatic nitrogens is 1. The molecular weight excluding hydrogens is 804 g/mol. The summed E-state index contributed by atoms with van der Waals surface area (Å²) in [6, 6.07) is 32.1. The lowest BCUT2D eigenvalue weighted by molar-refractivity contribution is -0.384. The van der Waals surface area contributed by atoms with E-state index in [0.717, 1.165) is 66.1 Å². The number of halogens is 1. The van der Waals surface area contributed by atoms with E-state index >= 15 is 0 Å². The number of benzene rings is 5. The van der Waals surface area contributed by atoms with Gasteiger partial charge in [0.1, 0.15) is 17.2 Å². The van der Waals surface area contributed by atoms with Crippen molar-refractivity contribution < 1.29 is 27.6 Å². The molecule has 0 unspecified atom stereocenters. The SMILES string of the molecule is O=C(NS(=O)(=O)c1ccc(NCC2CCOCC2)c([N+](=O)[O-])c1)c1ccc(N2CCN(Cc3ccccc3-c3ccc(Cl)cc3)CC2)cc1Oc1cccc2cnccc12. The molecule has 2 aliphatic rings. The number of sulfonamides is 1. The molecule has 15 heteroatoms. The van der Waals surface area contributed by atoms with E-state index in [1.54, 1.807) is 42.7 Å². The molecule has 2 saturated heterocycles. The number of nitro groups is 1. The minimum Gasteiger partial charge on any atom is -0.456 e. The predicted octanol–water partition coefficient (Wildman–Crippen LogP) is 8.54. The first-order valence-electron chi connectivity index (χ1n) is 19.7. The fourth-order valence-corrected chi connectivity index (χ4v) is 8.79. The van der Waals surface area contributed by atoms with Crippen LogP contribution >= 0.6 is 11.6 Å². The molecule has 2 aliphatic heterocycles. The van der Waals surface area contributed by atoms with Crippen molar-refractivity contribution in [3.05, 3.63) is 148 Å². The molecule has 1 amide bonds. The summed E-state index contributed by atoms with van der Waals surface area (Å²) < 4.78 is 41.4. The zero-order valence-electron chi connectivity index (χ0n) is 32.6. The highest BCUT2D eigenvalue weighted by Gasteiger charge is 2.27. The Balaban J connectivity index is 1.02. The summed E-state index contributed by atoms with van der Waals surface area (Å²) in [5.41, 5.74) is 4.02. The third-order valence-electron chi connectivity index (χ3n) is 11.0. The minimum atomic E-state index is -4.56. The Labute approximate surface area is 353 Å². The van der Waals surface area contributed by atoms with Crippen molar-refractivity contribution in [1.29, 1.82) is 0 Å². The summed E-state index contributed by atoms with van der Waals surface area (Å²) in [5, 5.41) is 17.4. The summed E-state index contributed by atoms with van der Waals surface area (Å²) in [7, 11) is -4.56. The first-order chi connectivity index (χ1) is 29.1. The lowest BCUT2D eigenvalue weighted by Crippen LogP contribution is -2.46. The quantitative estimate of drug-likeness (QED) is 0.0849. The number of nitrogens with one attached hydrogen (secondary N) is 2. The van der Waals surface area contributed by atoms with Crippen molar-refractivity contribution in [3.63, 3.8) is 0 Å². The van der Waals surface area contributed by atoms with Crippen LogP contribution in [0.5, 0.6) is 11.5 Å². The molecule has 0 aliphatic carbocycles. The zero-order chi connectivity index (χ0) is 41.6. The molecule has 13 nitrogen and oxygen atoms in total. The van der Waals surface area contributed by atoms with Crippen molar-refractivity contribution >= 4 is 55.4 Å². The molecule has 3 heterocycles. The highest BCUT2D eigenvalue weighted by atomic mass is 35.5. The van der Waals surface area contributed by atoms with Gasteiger partial charge in [-0.2, -0.15) is 0 Å². The molecule has 0 radical (unpaired) electrons. The van der Waals surface area contributed by atoms with Gasteiger partial charge in [0.2, 0.25) is 0 Å². The molecule has 6 aromatic rings. The average Bonchev–Trinajstić information content (AvgIpc) is 3.26. The lowest BCUT2D eigenvalue weighted by Gasteiger charge is -2.36. The van der Waals surface area contributed by atoms with Crippen molar-refractivity contribution in [2.45, 2.75) is 24.3 Å². The van der Waals surface area contributed by atoms with E-state index in [0.29, 0.717) is 43.6 Å². The molecule has 8 rings (SSSR count). The van der Waals surface area contributed by atoms with Gasteiger partial charge in [-0.25, -0.2) is 13.1 Å². The molecule has 308 valence electrons. The number of pyridine rings is 1. The summed E-state index contributed by atoms with van der Waals surface area (Å²) >= 11 is 6.16. The topological polar surface area (TPSA) is 156 Å². The van der Waals surface area contributed by atoms with Gasteiger partial charge < -0.3 is 19.7 Å². The summed E-state index contributed by atoms with van der Waals surface area (Å²) in [5.74, 6) is -0.0875. The standard InChI is InChI=1S/C45H43ClN6O7S/c46-35-10-8-32(9-11-35)38-6-2-1-4-34(38)30-50-20-22-51(23-21-50)36-12-14-40(44(26-36)59-43-7-3-5-33-29-47-19-16-39(33)43)45(53)49-60(56,57)37-13-15-41(42(27-37)52(54)55)48-28-31-17-24-58-25-18-31/h1-16,19,26-27,29,31,48H,17-18,20-25,28,30H2,(H,49,53). The van der Waals surface area contributed by atoms with Crippen molar-refractivity contribution in [2.24, 2.45) is 5.92 Å². The van der Waals surface area contributed by atoms with Gasteiger partial charge in [0.25, 0.3) is 21.6 Å². The maximum atomic E-state index is 14.0. The van der Waals surface area contributed by atoms with E-state index < -0.39 is 31.4 Å². The fraction of sp³-hybridized carbons (Fsp3) is 0.244. The second-order valence-corrected chi connectivity index (χ2v) is 17.0. The number of ether oxygens (including phenoxy) is 2. The van der Waals surface area contributed by atoms with Crippen molar-refractivity contribution in [1.82, 2.24) is 14.6 Å². The van der Waals surface area contributed by atoms with Crippen LogP contribution in [0.2, 0.25) is 5.02 Å². The molecule has 0 saturated carbocycles. The van der Waals surface area contributed by atoms with Gasteiger partial charge >= 0.3 is 0 Å². The van der Waals surface area contributed by atoms with Crippen molar-refractivity contribution in [3.8, 4) is 22.6 Å². The normalized spacial score (nSPS) is 15.1. The Hall–Kier alpha value is -6.06. The molecule has 2 N–H and O–H groups in total. The van der Waals surface area contributed by atoms with E-state index in [1.807, 2.05) is 42.5 Å². The zero-order valence-corrected chi connectivity index (χ0v) is 34.2.